The summed E-state index contributed by atoms with van der Waals surface area (Å²) in [5, 5.41) is 12.4. The molecule has 2 aliphatic rings. The van der Waals surface area contributed by atoms with Gasteiger partial charge in [-0.3, -0.25) is 14.4 Å². The molecule has 0 radical (unpaired) electrons. The van der Waals surface area contributed by atoms with Crippen LogP contribution in [0.5, 0.6) is 0 Å². The van der Waals surface area contributed by atoms with Crippen LogP contribution in [-0.4, -0.2) is 65.8 Å². The molecule has 4 rings (SSSR count). The van der Waals surface area contributed by atoms with Gasteiger partial charge in [-0.1, -0.05) is 0 Å². The van der Waals surface area contributed by atoms with Gasteiger partial charge in [-0.25, -0.2) is 4.39 Å². The number of hydroxylamine groups is 1. The Morgan fingerprint density at radius 1 is 1.33 bits per heavy atom. The number of aryl methyl sites for hydroxylation is 1. The van der Waals surface area contributed by atoms with Crippen LogP contribution in [0.25, 0.3) is 11.6 Å². The molecular formula is C26H33FN4O5. The molecule has 1 aromatic carbocycles. The highest BCUT2D eigenvalue weighted by Gasteiger charge is 2.26. The Balaban J connectivity index is 1.33. The van der Waals surface area contributed by atoms with Crippen molar-refractivity contribution in [2.45, 2.75) is 51.9 Å². The van der Waals surface area contributed by atoms with Gasteiger partial charge in [0.25, 0.3) is 5.91 Å². The van der Waals surface area contributed by atoms with E-state index in [1.54, 1.807) is 24.2 Å². The molecule has 2 aliphatic heterocycles. The van der Waals surface area contributed by atoms with Crippen LogP contribution < -0.4 is 10.8 Å². The standard InChI is InChI=1S/C26H33FN4O5/c1-15-22(14-36-28-13-19(35-3)11-25(33)31-8-6-18(32)7-9-31)16(2)29-24(15)12-21-20-10-17(27)4-5-23(20)30-26(21)34/h4-5,10,12,18-19,28-29,32H,6-9,11,13-14H2,1-3H3,(H,30,34)/b21-12-. The number of nitrogens with one attached hydrogen (secondary N) is 3. The highest BCUT2D eigenvalue weighted by molar-refractivity contribution is 6.34. The number of nitrogens with zero attached hydrogens (tertiary/aromatic N) is 1. The van der Waals surface area contributed by atoms with Gasteiger partial charge in [-0.15, -0.1) is 0 Å². The summed E-state index contributed by atoms with van der Waals surface area (Å²) >= 11 is 0. The van der Waals surface area contributed by atoms with Crippen molar-refractivity contribution in [3.05, 3.63) is 52.1 Å². The van der Waals surface area contributed by atoms with Crippen LogP contribution in [-0.2, 0) is 25.8 Å². The number of benzene rings is 1. The third kappa shape index (κ3) is 5.84. The number of anilines is 1. The number of fused-ring (bicyclic) bond motifs is 1. The number of hydrogen-bond donors (Lipinski definition) is 4. The molecule has 10 heteroatoms. The van der Waals surface area contributed by atoms with Crippen LogP contribution >= 0.6 is 0 Å². The zero-order chi connectivity index (χ0) is 25.8. The molecule has 1 fully saturated rings. The summed E-state index contributed by atoms with van der Waals surface area (Å²) in [6.45, 7) is 5.58. The summed E-state index contributed by atoms with van der Waals surface area (Å²) < 4.78 is 19.2. The van der Waals surface area contributed by atoms with Gasteiger partial charge in [0.15, 0.2) is 0 Å². The summed E-state index contributed by atoms with van der Waals surface area (Å²) in [7, 11) is 1.56. The maximum Gasteiger partial charge on any atom is 0.256 e. The first-order valence-electron chi connectivity index (χ1n) is 12.1. The molecule has 1 saturated heterocycles. The van der Waals surface area contributed by atoms with Crippen molar-refractivity contribution in [1.82, 2.24) is 15.4 Å². The Hall–Kier alpha value is -3.05. The second kappa shape index (κ2) is 11.3. The lowest BCUT2D eigenvalue weighted by atomic mass is 10.0. The maximum atomic E-state index is 13.7. The van der Waals surface area contributed by atoms with E-state index in [2.05, 4.69) is 15.8 Å². The number of methoxy groups -OCH3 is 1. The summed E-state index contributed by atoms with van der Waals surface area (Å²) in [5.41, 5.74) is 7.91. The van der Waals surface area contributed by atoms with E-state index >= 15 is 0 Å². The normalized spacial score (nSPS) is 18.0. The van der Waals surface area contributed by atoms with Gasteiger partial charge < -0.3 is 25.0 Å². The number of aliphatic hydroxyl groups is 1. The zero-order valence-corrected chi connectivity index (χ0v) is 20.8. The minimum atomic E-state index is -0.401. The number of H-pyrrole nitrogens is 1. The van der Waals surface area contributed by atoms with Gasteiger partial charge in [0.05, 0.1) is 30.8 Å². The third-order valence-corrected chi connectivity index (χ3v) is 6.87. The number of carbonyl (C=O) groups excluding carboxylic acids is 2. The van der Waals surface area contributed by atoms with Crippen LogP contribution in [0.4, 0.5) is 10.1 Å². The molecule has 36 heavy (non-hydrogen) atoms. The predicted molar refractivity (Wildman–Crippen MR) is 133 cm³/mol. The lowest BCUT2D eigenvalue weighted by molar-refractivity contribution is -0.136. The van der Waals surface area contributed by atoms with Gasteiger partial charge in [0.1, 0.15) is 5.82 Å². The van der Waals surface area contributed by atoms with Crippen molar-refractivity contribution in [3.63, 3.8) is 0 Å². The molecule has 0 bridgehead atoms. The average Bonchev–Trinajstić information content (AvgIpc) is 3.30. The number of aromatic amines is 1. The fourth-order valence-electron chi connectivity index (χ4n) is 4.58. The monoisotopic (exact) mass is 500 g/mol. The molecule has 2 amide bonds. The Bertz CT molecular complexity index is 1150. The van der Waals surface area contributed by atoms with E-state index in [1.165, 1.54) is 12.1 Å². The molecule has 194 valence electrons. The van der Waals surface area contributed by atoms with E-state index in [-0.39, 0.29) is 37.0 Å². The first-order valence-corrected chi connectivity index (χ1v) is 12.1. The topological polar surface area (TPSA) is 116 Å². The Morgan fingerprint density at radius 2 is 2.08 bits per heavy atom. The SMILES string of the molecule is COC(CNOCc1c(C)[nH]c(/C=C2\C(=O)Nc3ccc(F)cc32)c1C)CC(=O)N1CCC(O)CC1. The molecule has 1 unspecified atom stereocenters. The van der Waals surface area contributed by atoms with Crippen molar-refractivity contribution in [1.29, 1.82) is 0 Å². The molecule has 9 nitrogen and oxygen atoms in total. The average molecular weight is 501 g/mol. The number of hydrogen-bond acceptors (Lipinski definition) is 6. The second-order valence-electron chi connectivity index (χ2n) is 9.28. The largest absolute Gasteiger partial charge is 0.393 e. The first kappa shape index (κ1) is 26.0. The lowest BCUT2D eigenvalue weighted by Crippen LogP contribution is -2.42. The van der Waals surface area contributed by atoms with Crippen molar-refractivity contribution < 1.29 is 28.7 Å². The second-order valence-corrected chi connectivity index (χ2v) is 9.28. The molecule has 0 saturated carbocycles. The molecule has 0 spiro atoms. The van der Waals surface area contributed by atoms with Crippen molar-refractivity contribution in [3.8, 4) is 0 Å². The lowest BCUT2D eigenvalue weighted by Gasteiger charge is -2.30. The van der Waals surface area contributed by atoms with Crippen molar-refractivity contribution in [2.75, 3.05) is 32.1 Å². The summed E-state index contributed by atoms with van der Waals surface area (Å²) in [4.78, 5) is 35.7. The molecule has 3 heterocycles. The fourth-order valence-corrected chi connectivity index (χ4v) is 4.58. The van der Waals surface area contributed by atoms with E-state index in [0.717, 1.165) is 22.5 Å². The Kier molecular flexibility index (Phi) is 8.20. The Morgan fingerprint density at radius 3 is 2.81 bits per heavy atom. The van der Waals surface area contributed by atoms with Crippen LogP contribution in [0.15, 0.2) is 18.2 Å². The zero-order valence-electron chi connectivity index (χ0n) is 20.8. The van der Waals surface area contributed by atoms with E-state index in [4.69, 9.17) is 9.57 Å². The molecule has 1 atom stereocenters. The quantitative estimate of drug-likeness (QED) is 0.239. The van der Waals surface area contributed by atoms with E-state index in [1.807, 2.05) is 13.8 Å². The highest BCUT2D eigenvalue weighted by atomic mass is 19.1. The molecule has 4 N–H and O–H groups in total. The first-order chi connectivity index (χ1) is 17.3. The minimum absolute atomic E-state index is 0.00274. The summed E-state index contributed by atoms with van der Waals surface area (Å²) in [6, 6.07) is 4.22. The van der Waals surface area contributed by atoms with Crippen LogP contribution in [0.2, 0.25) is 0 Å². The van der Waals surface area contributed by atoms with Crippen LogP contribution in [0, 0.1) is 19.7 Å². The minimum Gasteiger partial charge on any atom is -0.393 e. The number of aromatic nitrogens is 1. The summed E-state index contributed by atoms with van der Waals surface area (Å²) in [5.74, 6) is -0.674. The number of piperidine rings is 1. The smallest absolute Gasteiger partial charge is 0.256 e. The molecule has 2 aromatic rings. The number of likely N-dealkylation sites (tertiary alicyclic amines) is 1. The van der Waals surface area contributed by atoms with Crippen LogP contribution in [0.1, 0.15) is 47.3 Å². The van der Waals surface area contributed by atoms with E-state index in [9.17, 15) is 19.1 Å². The van der Waals surface area contributed by atoms with Crippen molar-refractivity contribution >= 4 is 29.2 Å². The number of ether oxygens (including phenoxy) is 1. The molecule has 1 aromatic heterocycles. The molecular weight excluding hydrogens is 467 g/mol. The van der Waals surface area contributed by atoms with Crippen molar-refractivity contribution in [2.24, 2.45) is 0 Å². The summed E-state index contributed by atoms with van der Waals surface area (Å²) in [6.07, 6.45) is 2.49. The van der Waals surface area contributed by atoms with Gasteiger partial charge in [-0.2, -0.15) is 5.48 Å². The highest BCUT2D eigenvalue weighted by Crippen LogP contribution is 2.34. The maximum absolute atomic E-state index is 13.7. The number of amides is 2. The van der Waals surface area contributed by atoms with Gasteiger partial charge in [0, 0.05) is 54.9 Å². The number of halogens is 1. The predicted octanol–water partition coefficient (Wildman–Crippen LogP) is 2.67. The molecule has 0 aliphatic carbocycles. The number of aliphatic hydroxyl groups excluding tert-OH is 1. The van der Waals surface area contributed by atoms with Crippen LogP contribution in [0.3, 0.4) is 0 Å². The third-order valence-electron chi connectivity index (χ3n) is 6.87. The van der Waals surface area contributed by atoms with Gasteiger partial charge in [-0.05, 0) is 56.5 Å². The van der Waals surface area contributed by atoms with Gasteiger partial charge >= 0.3 is 0 Å². The van der Waals surface area contributed by atoms with E-state index < -0.39 is 5.82 Å². The Labute approximate surface area is 209 Å². The number of carbonyl (C=O) groups is 2. The van der Waals surface area contributed by atoms with Gasteiger partial charge in [0.2, 0.25) is 5.91 Å². The van der Waals surface area contributed by atoms with E-state index in [0.29, 0.717) is 49.3 Å². The fraction of sp³-hybridized carbons (Fsp3) is 0.462. The number of rotatable bonds is 9.